The van der Waals surface area contributed by atoms with Crippen LogP contribution < -0.4 is 15.6 Å². The highest BCUT2D eigenvalue weighted by Gasteiger charge is 2.40. The molecule has 1 saturated heterocycles. The lowest BCUT2D eigenvalue weighted by molar-refractivity contribution is -0.153. The first kappa shape index (κ1) is 27.5. The van der Waals surface area contributed by atoms with Crippen molar-refractivity contribution in [1.82, 2.24) is 14.9 Å². The molecule has 0 saturated carbocycles. The van der Waals surface area contributed by atoms with Crippen molar-refractivity contribution in [2.45, 2.75) is 31.7 Å². The van der Waals surface area contributed by atoms with Crippen molar-refractivity contribution in [3.8, 4) is 5.69 Å². The minimum Gasteiger partial charge on any atom is -0.466 e. The Bertz CT molecular complexity index is 1540. The first-order chi connectivity index (χ1) is 18.3. The molecule has 2 atom stereocenters. The molecule has 1 aliphatic rings. The van der Waals surface area contributed by atoms with Crippen LogP contribution in [0.15, 0.2) is 41.3 Å². The molecule has 10 nitrogen and oxygen atoms in total. The van der Waals surface area contributed by atoms with Gasteiger partial charge in [-0.25, -0.2) is 23.4 Å². The van der Waals surface area contributed by atoms with Crippen LogP contribution in [0.2, 0.25) is 0 Å². The highest BCUT2D eigenvalue weighted by atomic mass is 19.4. The number of nitrogens with zero attached hydrogens (tertiary/aromatic N) is 3. The van der Waals surface area contributed by atoms with Gasteiger partial charge in [0.05, 0.1) is 24.7 Å². The summed E-state index contributed by atoms with van der Waals surface area (Å²) in [5.41, 5.74) is -2.53. The molecule has 2 aromatic heterocycles. The van der Waals surface area contributed by atoms with E-state index in [0.717, 1.165) is 41.0 Å². The Labute approximate surface area is 215 Å². The zero-order valence-corrected chi connectivity index (χ0v) is 20.2. The smallest absolute Gasteiger partial charge is 0.416 e. The van der Waals surface area contributed by atoms with Crippen LogP contribution in [0.1, 0.15) is 23.7 Å². The SMILES string of the molecule is CCC(NC(=O)c1cn(-c2ccc(F)cc2F)c2nc(N3C[C@H](C(=O)OC)OC3=O)ccc2c1=O)C(F)(F)F. The average Bonchev–Trinajstić information content (AvgIpc) is 3.28. The number of amides is 2. The molecule has 15 heteroatoms. The van der Waals surface area contributed by atoms with E-state index in [1.807, 2.05) is 0 Å². The summed E-state index contributed by atoms with van der Waals surface area (Å²) in [6.07, 6.45) is -6.80. The number of aromatic nitrogens is 2. The fourth-order valence-corrected chi connectivity index (χ4v) is 3.92. The third-order valence-electron chi connectivity index (χ3n) is 5.91. The molecule has 1 unspecified atom stereocenters. The normalized spacial score (nSPS) is 16.2. The lowest BCUT2D eigenvalue weighted by atomic mass is 10.1. The summed E-state index contributed by atoms with van der Waals surface area (Å²) in [4.78, 5) is 55.2. The third kappa shape index (κ3) is 5.24. The summed E-state index contributed by atoms with van der Waals surface area (Å²) >= 11 is 0. The van der Waals surface area contributed by atoms with E-state index in [2.05, 4.69) is 9.72 Å². The van der Waals surface area contributed by atoms with E-state index in [0.29, 0.717) is 6.07 Å². The number of carbonyl (C=O) groups is 3. The maximum Gasteiger partial charge on any atom is 0.416 e. The highest BCUT2D eigenvalue weighted by molar-refractivity contribution is 5.98. The Morgan fingerprint density at radius 1 is 1.21 bits per heavy atom. The Balaban J connectivity index is 1.89. The summed E-state index contributed by atoms with van der Waals surface area (Å²) < 4.78 is 78.5. The quantitative estimate of drug-likeness (QED) is 0.367. The molecule has 0 spiro atoms. The van der Waals surface area contributed by atoms with E-state index >= 15 is 0 Å². The number of benzene rings is 1. The average molecular weight is 554 g/mol. The van der Waals surface area contributed by atoms with Gasteiger partial charge < -0.3 is 14.8 Å². The minimum absolute atomic E-state index is 0.144. The van der Waals surface area contributed by atoms with Gasteiger partial charge >= 0.3 is 18.2 Å². The van der Waals surface area contributed by atoms with Gasteiger partial charge in [-0.15, -0.1) is 0 Å². The Hall–Kier alpha value is -4.56. The number of pyridine rings is 2. The lowest BCUT2D eigenvalue weighted by Gasteiger charge is -2.21. The summed E-state index contributed by atoms with van der Waals surface area (Å²) in [7, 11) is 1.09. The fourth-order valence-electron chi connectivity index (χ4n) is 3.92. The third-order valence-corrected chi connectivity index (χ3v) is 5.91. The molecule has 0 bridgehead atoms. The topological polar surface area (TPSA) is 120 Å². The van der Waals surface area contributed by atoms with Crippen LogP contribution >= 0.6 is 0 Å². The molecule has 1 N–H and O–H groups in total. The number of alkyl halides is 3. The number of hydrogen-bond acceptors (Lipinski definition) is 7. The maximum atomic E-state index is 14.8. The van der Waals surface area contributed by atoms with Gasteiger partial charge in [-0.1, -0.05) is 6.92 Å². The second-order valence-corrected chi connectivity index (χ2v) is 8.36. The van der Waals surface area contributed by atoms with E-state index in [-0.39, 0.29) is 23.4 Å². The second-order valence-electron chi connectivity index (χ2n) is 8.36. The van der Waals surface area contributed by atoms with Crippen molar-refractivity contribution in [2.24, 2.45) is 0 Å². The highest BCUT2D eigenvalue weighted by Crippen LogP contribution is 2.26. The number of methoxy groups -OCH3 is 1. The standard InChI is InChI=1S/C24H19F5N4O6/c1-3-17(24(27,28)29)30-21(35)13-9-32(15-6-4-11(25)8-14(15)26)20-12(19(13)34)5-7-18(31-20)33-10-16(22(36)38-2)39-23(33)37/h4-9,16-17H,3,10H2,1-2H3,(H,30,35)/t16-,17?/m1/s1. The first-order valence-corrected chi connectivity index (χ1v) is 11.3. The first-order valence-electron chi connectivity index (χ1n) is 11.3. The van der Waals surface area contributed by atoms with Crippen LogP contribution in [0.5, 0.6) is 0 Å². The maximum absolute atomic E-state index is 14.8. The summed E-state index contributed by atoms with van der Waals surface area (Å²) in [6, 6.07) is 2.38. The number of halogens is 5. The number of hydrogen-bond donors (Lipinski definition) is 1. The molecule has 3 aromatic rings. The van der Waals surface area contributed by atoms with Gasteiger partial charge in [0.15, 0.2) is 5.65 Å². The largest absolute Gasteiger partial charge is 0.466 e. The van der Waals surface area contributed by atoms with Gasteiger partial charge in [0.2, 0.25) is 11.5 Å². The van der Waals surface area contributed by atoms with Crippen molar-refractivity contribution in [3.63, 3.8) is 0 Å². The summed E-state index contributed by atoms with van der Waals surface area (Å²) in [5.74, 6) is -4.45. The number of fused-ring (bicyclic) bond motifs is 1. The number of anilines is 1. The van der Waals surface area contributed by atoms with Gasteiger partial charge in [-0.3, -0.25) is 19.1 Å². The summed E-state index contributed by atoms with van der Waals surface area (Å²) in [5, 5.41) is 1.42. The molecule has 206 valence electrons. The van der Waals surface area contributed by atoms with Crippen LogP contribution in [0.25, 0.3) is 16.7 Å². The van der Waals surface area contributed by atoms with Gasteiger partial charge in [0.1, 0.15) is 29.1 Å². The van der Waals surface area contributed by atoms with Crippen molar-refractivity contribution < 1.29 is 45.8 Å². The molecule has 0 aliphatic carbocycles. The molecule has 3 heterocycles. The fraction of sp³-hybridized carbons (Fsp3) is 0.292. The molecule has 1 fully saturated rings. The number of rotatable bonds is 6. The Morgan fingerprint density at radius 2 is 1.92 bits per heavy atom. The van der Waals surface area contributed by atoms with Gasteiger partial charge in [-0.2, -0.15) is 13.2 Å². The van der Waals surface area contributed by atoms with Crippen molar-refractivity contribution in [3.05, 3.63) is 63.9 Å². The van der Waals surface area contributed by atoms with Crippen LogP contribution in [0, 0.1) is 11.6 Å². The van der Waals surface area contributed by atoms with E-state index in [1.54, 1.807) is 5.32 Å². The number of esters is 1. The van der Waals surface area contributed by atoms with Gasteiger partial charge in [0, 0.05) is 12.3 Å². The van der Waals surface area contributed by atoms with Crippen molar-refractivity contribution >= 4 is 34.8 Å². The Kier molecular flexibility index (Phi) is 7.26. The zero-order chi connectivity index (χ0) is 28.6. The molecule has 4 rings (SSSR count). The molecular formula is C24H19F5N4O6. The predicted octanol–water partition coefficient (Wildman–Crippen LogP) is 3.23. The molecule has 1 aromatic carbocycles. The zero-order valence-electron chi connectivity index (χ0n) is 20.2. The Morgan fingerprint density at radius 3 is 2.54 bits per heavy atom. The molecule has 0 radical (unpaired) electrons. The van der Waals surface area contributed by atoms with E-state index in [9.17, 15) is 41.1 Å². The predicted molar refractivity (Wildman–Crippen MR) is 124 cm³/mol. The molecule has 39 heavy (non-hydrogen) atoms. The number of cyclic esters (lactones) is 1. The monoisotopic (exact) mass is 554 g/mol. The molecule has 1 aliphatic heterocycles. The van der Waals surface area contributed by atoms with Gasteiger partial charge in [0.25, 0.3) is 5.91 Å². The van der Waals surface area contributed by atoms with Crippen LogP contribution in [-0.4, -0.2) is 59.5 Å². The van der Waals surface area contributed by atoms with Crippen LogP contribution in [0.4, 0.5) is 32.6 Å². The summed E-state index contributed by atoms with van der Waals surface area (Å²) in [6.45, 7) is 0.875. The molecular weight excluding hydrogens is 535 g/mol. The van der Waals surface area contributed by atoms with Crippen molar-refractivity contribution in [1.29, 1.82) is 0 Å². The van der Waals surface area contributed by atoms with E-state index < -0.39 is 71.0 Å². The molecule has 2 amide bonds. The van der Waals surface area contributed by atoms with E-state index in [4.69, 9.17) is 4.74 Å². The number of carbonyl (C=O) groups excluding carboxylic acids is 3. The minimum atomic E-state index is -4.80. The van der Waals surface area contributed by atoms with Crippen LogP contribution in [-0.2, 0) is 14.3 Å². The van der Waals surface area contributed by atoms with Gasteiger partial charge in [-0.05, 0) is 30.7 Å². The number of ether oxygens (including phenoxy) is 2. The van der Waals surface area contributed by atoms with Crippen LogP contribution in [0.3, 0.4) is 0 Å². The lowest BCUT2D eigenvalue weighted by Crippen LogP contribution is -2.46. The number of nitrogens with one attached hydrogen (secondary N) is 1. The van der Waals surface area contributed by atoms with E-state index in [1.165, 1.54) is 13.0 Å². The van der Waals surface area contributed by atoms with Crippen molar-refractivity contribution in [2.75, 3.05) is 18.6 Å². The second kappa shape index (κ2) is 10.3.